The minimum Gasteiger partial charge on any atom is -0.466 e. The Balaban J connectivity index is 2.12. The Morgan fingerprint density at radius 1 is 1.05 bits per heavy atom. The second kappa shape index (κ2) is 10.2. The maximum atomic E-state index is 11.5. The van der Waals surface area contributed by atoms with Crippen LogP contribution in [-0.2, 0) is 25.5 Å². The Bertz CT molecular complexity index is 459. The molecule has 1 aromatic carbocycles. The summed E-state index contributed by atoms with van der Waals surface area (Å²) in [5, 5.41) is 0.673. The first-order valence-electron chi connectivity index (χ1n) is 7.18. The molecule has 0 amide bonds. The van der Waals surface area contributed by atoms with Gasteiger partial charge >= 0.3 is 11.9 Å². The third kappa shape index (κ3) is 7.71. The molecule has 0 aliphatic carbocycles. The van der Waals surface area contributed by atoms with Gasteiger partial charge in [0, 0.05) is 24.3 Å². The molecule has 0 spiro atoms. The first kappa shape index (κ1) is 17.5. The smallest absolute Gasteiger partial charge is 0.305 e. The number of benzene rings is 1. The molecule has 0 bridgehead atoms. The van der Waals surface area contributed by atoms with Gasteiger partial charge in [0.15, 0.2) is 0 Å². The average Bonchev–Trinajstić information content (AvgIpc) is 2.47. The monoisotopic (exact) mass is 312 g/mol. The summed E-state index contributed by atoms with van der Waals surface area (Å²) in [6.45, 7) is 2.66. The van der Waals surface area contributed by atoms with Crippen LogP contribution in [0.5, 0.6) is 0 Å². The van der Waals surface area contributed by atoms with Gasteiger partial charge in [0.05, 0.1) is 13.2 Å². The Morgan fingerprint density at radius 3 is 2.29 bits per heavy atom. The lowest BCUT2D eigenvalue weighted by atomic mass is 10.2. The second-order valence-electron chi connectivity index (χ2n) is 4.64. The van der Waals surface area contributed by atoms with E-state index in [1.54, 1.807) is 6.07 Å². The fraction of sp³-hybridized carbons (Fsp3) is 0.500. The van der Waals surface area contributed by atoms with E-state index >= 15 is 0 Å². The number of rotatable bonds is 9. The quantitative estimate of drug-likeness (QED) is 0.654. The van der Waals surface area contributed by atoms with Crippen molar-refractivity contribution in [2.45, 2.75) is 39.0 Å². The predicted molar refractivity (Wildman–Crippen MR) is 81.2 cm³/mol. The van der Waals surface area contributed by atoms with Gasteiger partial charge in [-0.1, -0.05) is 36.7 Å². The molecule has 0 fully saturated rings. The summed E-state index contributed by atoms with van der Waals surface area (Å²) in [4.78, 5) is 22.7. The summed E-state index contributed by atoms with van der Waals surface area (Å²) in [6, 6.07) is 7.46. The van der Waals surface area contributed by atoms with Gasteiger partial charge in [0.25, 0.3) is 0 Å². The van der Waals surface area contributed by atoms with E-state index < -0.39 is 0 Å². The van der Waals surface area contributed by atoms with Gasteiger partial charge in [0.2, 0.25) is 0 Å². The lowest BCUT2D eigenvalue weighted by molar-refractivity contribution is -0.145. The highest BCUT2D eigenvalue weighted by molar-refractivity contribution is 6.31. The fourth-order valence-corrected chi connectivity index (χ4v) is 1.94. The Kier molecular flexibility index (Phi) is 8.51. The highest BCUT2D eigenvalue weighted by Gasteiger charge is 2.07. The molecule has 0 heterocycles. The van der Waals surface area contributed by atoms with Crippen LogP contribution < -0.4 is 0 Å². The van der Waals surface area contributed by atoms with Gasteiger partial charge in [0.1, 0.15) is 0 Å². The zero-order chi connectivity index (χ0) is 15.5. The van der Waals surface area contributed by atoms with Gasteiger partial charge in [-0.05, 0) is 24.5 Å². The van der Waals surface area contributed by atoms with Gasteiger partial charge in [-0.15, -0.1) is 0 Å². The summed E-state index contributed by atoms with van der Waals surface area (Å²) in [5.41, 5.74) is 0.954. The van der Waals surface area contributed by atoms with Crippen molar-refractivity contribution >= 4 is 23.5 Å². The van der Waals surface area contributed by atoms with E-state index in [4.69, 9.17) is 21.1 Å². The number of esters is 2. The van der Waals surface area contributed by atoms with Crippen molar-refractivity contribution in [1.82, 2.24) is 0 Å². The van der Waals surface area contributed by atoms with Gasteiger partial charge in [-0.25, -0.2) is 0 Å². The van der Waals surface area contributed by atoms with Crippen molar-refractivity contribution in [3.05, 3.63) is 34.9 Å². The maximum Gasteiger partial charge on any atom is 0.305 e. The third-order valence-corrected chi connectivity index (χ3v) is 3.19. The molecule has 0 unspecified atom stereocenters. The minimum absolute atomic E-state index is 0.226. The normalized spacial score (nSPS) is 10.2. The van der Waals surface area contributed by atoms with E-state index in [2.05, 4.69) is 0 Å². The average molecular weight is 313 g/mol. The molecule has 0 saturated heterocycles. The van der Waals surface area contributed by atoms with Gasteiger partial charge < -0.3 is 9.47 Å². The largest absolute Gasteiger partial charge is 0.466 e. The second-order valence-corrected chi connectivity index (χ2v) is 5.04. The van der Waals surface area contributed by atoms with Crippen molar-refractivity contribution in [3.63, 3.8) is 0 Å². The van der Waals surface area contributed by atoms with Crippen molar-refractivity contribution in [1.29, 1.82) is 0 Å². The molecular weight excluding hydrogens is 292 g/mol. The molecule has 0 atom stereocenters. The predicted octanol–water partition coefficient (Wildman–Crippen LogP) is 3.55. The third-order valence-electron chi connectivity index (χ3n) is 2.82. The zero-order valence-corrected chi connectivity index (χ0v) is 13.0. The zero-order valence-electron chi connectivity index (χ0n) is 12.3. The number of carbonyl (C=O) groups is 2. The standard InChI is InChI=1S/C16H21ClO4/c1-2-11-20-15(18)8-5-9-16(19)21-12-10-13-6-3-4-7-14(13)17/h3-4,6-7H,2,5,8-12H2,1H3. The van der Waals surface area contributed by atoms with E-state index in [0.717, 1.165) is 12.0 Å². The van der Waals surface area contributed by atoms with Crippen LogP contribution in [0.2, 0.25) is 5.02 Å². The number of halogens is 1. The molecule has 21 heavy (non-hydrogen) atoms. The molecule has 0 radical (unpaired) electrons. The van der Waals surface area contributed by atoms with Crippen LogP contribution in [0.4, 0.5) is 0 Å². The molecule has 0 aliphatic rings. The van der Waals surface area contributed by atoms with Crippen molar-refractivity contribution in [2.24, 2.45) is 0 Å². The van der Waals surface area contributed by atoms with Gasteiger partial charge in [-0.2, -0.15) is 0 Å². The number of hydrogen-bond donors (Lipinski definition) is 0. The van der Waals surface area contributed by atoms with Crippen molar-refractivity contribution < 1.29 is 19.1 Å². The first-order chi connectivity index (χ1) is 10.1. The topological polar surface area (TPSA) is 52.6 Å². The van der Waals surface area contributed by atoms with Crippen LogP contribution in [0.15, 0.2) is 24.3 Å². The molecular formula is C16H21ClO4. The van der Waals surface area contributed by atoms with Gasteiger partial charge in [-0.3, -0.25) is 9.59 Å². The van der Waals surface area contributed by atoms with Crippen LogP contribution in [0.3, 0.4) is 0 Å². The number of hydrogen-bond acceptors (Lipinski definition) is 4. The van der Waals surface area contributed by atoms with Crippen molar-refractivity contribution in [3.8, 4) is 0 Å². The minimum atomic E-state index is -0.301. The molecule has 1 rings (SSSR count). The fourth-order valence-electron chi connectivity index (χ4n) is 1.71. The molecule has 5 heteroatoms. The molecule has 116 valence electrons. The SMILES string of the molecule is CCCOC(=O)CCCC(=O)OCCc1ccccc1Cl. The van der Waals surface area contributed by atoms with E-state index in [9.17, 15) is 9.59 Å². The first-order valence-corrected chi connectivity index (χ1v) is 7.56. The lowest BCUT2D eigenvalue weighted by Gasteiger charge is -2.06. The Hall–Kier alpha value is -1.55. The van der Waals surface area contributed by atoms with Crippen LogP contribution >= 0.6 is 11.6 Å². The van der Waals surface area contributed by atoms with Crippen molar-refractivity contribution in [2.75, 3.05) is 13.2 Å². The number of carbonyl (C=O) groups excluding carboxylic acids is 2. The number of ether oxygens (including phenoxy) is 2. The molecule has 0 aromatic heterocycles. The van der Waals surface area contributed by atoms with E-state index in [0.29, 0.717) is 31.1 Å². The summed E-state index contributed by atoms with van der Waals surface area (Å²) in [6.07, 6.45) is 2.32. The molecule has 1 aromatic rings. The molecule has 4 nitrogen and oxygen atoms in total. The van der Waals surface area contributed by atoms with Crippen LogP contribution in [0, 0.1) is 0 Å². The molecule has 0 aliphatic heterocycles. The Morgan fingerprint density at radius 2 is 1.67 bits per heavy atom. The van der Waals surface area contributed by atoms with Crippen LogP contribution in [0.25, 0.3) is 0 Å². The summed E-state index contributed by atoms with van der Waals surface area (Å²) >= 11 is 6.01. The summed E-state index contributed by atoms with van der Waals surface area (Å²) in [7, 11) is 0. The van der Waals surface area contributed by atoms with Crippen LogP contribution in [0.1, 0.15) is 38.2 Å². The van der Waals surface area contributed by atoms with Crippen LogP contribution in [-0.4, -0.2) is 25.2 Å². The van der Waals surface area contributed by atoms with E-state index in [-0.39, 0.29) is 24.8 Å². The molecule has 0 saturated carbocycles. The molecule has 0 N–H and O–H groups in total. The maximum absolute atomic E-state index is 11.5. The van der Waals surface area contributed by atoms with E-state index in [1.807, 2.05) is 25.1 Å². The lowest BCUT2D eigenvalue weighted by Crippen LogP contribution is -2.10. The highest BCUT2D eigenvalue weighted by atomic mass is 35.5. The summed E-state index contributed by atoms with van der Waals surface area (Å²) in [5.74, 6) is -0.564. The highest BCUT2D eigenvalue weighted by Crippen LogP contribution is 2.15. The Labute approximate surface area is 130 Å². The van der Waals surface area contributed by atoms with E-state index in [1.165, 1.54) is 0 Å². The summed E-state index contributed by atoms with van der Waals surface area (Å²) < 4.78 is 10.0.